The molecule has 1 atom stereocenters. The minimum atomic E-state index is -0.821. The second-order valence-electron chi connectivity index (χ2n) is 7.78. The fraction of sp³-hybridized carbons (Fsp3) is 0.435. The molecule has 3 rings (SSSR count). The summed E-state index contributed by atoms with van der Waals surface area (Å²) in [6.45, 7) is 4.81. The summed E-state index contributed by atoms with van der Waals surface area (Å²) < 4.78 is 6.85. The van der Waals surface area contributed by atoms with Gasteiger partial charge in [0.25, 0.3) is 5.91 Å². The summed E-state index contributed by atoms with van der Waals surface area (Å²) >= 11 is 6.15. The van der Waals surface area contributed by atoms with Crippen molar-refractivity contribution < 1.29 is 14.3 Å². The maximum absolute atomic E-state index is 12.7. The first-order chi connectivity index (χ1) is 14.3. The van der Waals surface area contributed by atoms with Gasteiger partial charge in [-0.25, -0.2) is 4.79 Å². The van der Waals surface area contributed by atoms with E-state index >= 15 is 0 Å². The zero-order valence-corrected chi connectivity index (χ0v) is 18.4. The number of likely N-dealkylation sites (tertiary alicyclic amines) is 1. The van der Waals surface area contributed by atoms with E-state index < -0.39 is 12.1 Å². The fourth-order valence-corrected chi connectivity index (χ4v) is 4.05. The number of carbonyl (C=O) groups excluding carboxylic acids is 2. The Bertz CT molecular complexity index is 915. The summed E-state index contributed by atoms with van der Waals surface area (Å²) in [5.74, 6) is -0.149. The van der Waals surface area contributed by atoms with Crippen LogP contribution in [-0.2, 0) is 27.8 Å². The molecule has 1 aliphatic rings. The molecule has 7 heteroatoms. The molecule has 30 heavy (non-hydrogen) atoms. The van der Waals surface area contributed by atoms with E-state index in [4.69, 9.17) is 16.3 Å². The van der Waals surface area contributed by atoms with Gasteiger partial charge in [-0.3, -0.25) is 9.48 Å². The molecule has 6 nitrogen and oxygen atoms in total. The van der Waals surface area contributed by atoms with Gasteiger partial charge in [0.2, 0.25) is 0 Å². The highest BCUT2D eigenvalue weighted by Crippen LogP contribution is 2.23. The molecule has 1 aromatic heterocycles. The van der Waals surface area contributed by atoms with E-state index in [9.17, 15) is 9.59 Å². The van der Waals surface area contributed by atoms with Crippen LogP contribution in [0.5, 0.6) is 0 Å². The number of hydrogen-bond donors (Lipinski definition) is 0. The standard InChI is InChI=1S/C23H28ClN3O3/c1-16-20(22(24)26(3)25-16)9-10-21(28)30-17(2)23(29)27-13-11-19(12-14-27)15-18-7-5-4-6-8-18/h4-10,17,19H,11-15H2,1-3H3/b10-9+. The molecule has 1 amide bonds. The number of hydrogen-bond acceptors (Lipinski definition) is 4. The van der Waals surface area contributed by atoms with Gasteiger partial charge in [-0.1, -0.05) is 41.9 Å². The largest absolute Gasteiger partial charge is 0.449 e. The van der Waals surface area contributed by atoms with Gasteiger partial charge in [-0.05, 0) is 50.7 Å². The van der Waals surface area contributed by atoms with Gasteiger partial charge in [-0.15, -0.1) is 0 Å². The molecule has 0 bridgehead atoms. The zero-order valence-electron chi connectivity index (χ0n) is 17.7. The predicted molar refractivity (Wildman–Crippen MR) is 117 cm³/mol. The molecule has 1 aliphatic heterocycles. The van der Waals surface area contributed by atoms with Gasteiger partial charge in [0.15, 0.2) is 6.10 Å². The summed E-state index contributed by atoms with van der Waals surface area (Å²) in [6, 6.07) is 10.4. The third-order valence-corrected chi connectivity index (χ3v) is 5.96. The Morgan fingerprint density at radius 3 is 2.53 bits per heavy atom. The lowest BCUT2D eigenvalue weighted by atomic mass is 9.90. The molecule has 0 spiro atoms. The summed E-state index contributed by atoms with van der Waals surface area (Å²) in [7, 11) is 1.73. The average molecular weight is 430 g/mol. The average Bonchev–Trinajstić information content (AvgIpc) is 2.98. The number of benzene rings is 1. The minimum absolute atomic E-state index is 0.148. The number of ether oxygens (including phenoxy) is 1. The first-order valence-electron chi connectivity index (χ1n) is 10.3. The van der Waals surface area contributed by atoms with Crippen molar-refractivity contribution in [2.75, 3.05) is 13.1 Å². The van der Waals surface area contributed by atoms with Crippen LogP contribution in [0.3, 0.4) is 0 Å². The number of aromatic nitrogens is 2. The van der Waals surface area contributed by atoms with Gasteiger partial charge in [0.1, 0.15) is 5.15 Å². The molecular weight excluding hydrogens is 402 g/mol. The van der Waals surface area contributed by atoms with Crippen LogP contribution < -0.4 is 0 Å². The summed E-state index contributed by atoms with van der Waals surface area (Å²) in [5.41, 5.74) is 2.71. The number of piperidine rings is 1. The highest BCUT2D eigenvalue weighted by Gasteiger charge is 2.27. The number of aryl methyl sites for hydroxylation is 2. The quantitative estimate of drug-likeness (QED) is 0.517. The Morgan fingerprint density at radius 1 is 1.27 bits per heavy atom. The minimum Gasteiger partial charge on any atom is -0.449 e. The SMILES string of the molecule is Cc1nn(C)c(Cl)c1/C=C/C(=O)OC(C)C(=O)N1CCC(Cc2ccccc2)CC1. The molecule has 1 unspecified atom stereocenters. The van der Waals surface area contributed by atoms with Crippen molar-refractivity contribution in [3.8, 4) is 0 Å². The van der Waals surface area contributed by atoms with Crippen molar-refractivity contribution >= 4 is 29.6 Å². The van der Waals surface area contributed by atoms with Crippen molar-refractivity contribution in [1.29, 1.82) is 0 Å². The Hall–Kier alpha value is -2.60. The van der Waals surface area contributed by atoms with Crippen molar-refractivity contribution in [2.45, 2.75) is 39.2 Å². The number of carbonyl (C=O) groups is 2. The van der Waals surface area contributed by atoms with E-state index in [2.05, 4.69) is 29.4 Å². The summed E-state index contributed by atoms with van der Waals surface area (Å²) in [5, 5.41) is 4.64. The third kappa shape index (κ3) is 5.51. The number of amides is 1. The second-order valence-corrected chi connectivity index (χ2v) is 8.14. The molecule has 0 radical (unpaired) electrons. The Labute approximate surface area is 182 Å². The van der Waals surface area contributed by atoms with Crippen LogP contribution in [0.2, 0.25) is 5.15 Å². The van der Waals surface area contributed by atoms with E-state index in [1.807, 2.05) is 13.0 Å². The molecule has 1 fully saturated rings. The van der Waals surface area contributed by atoms with Gasteiger partial charge < -0.3 is 9.64 Å². The van der Waals surface area contributed by atoms with Crippen molar-refractivity contribution in [3.05, 3.63) is 58.4 Å². The Balaban J connectivity index is 1.47. The zero-order chi connectivity index (χ0) is 21.7. The number of esters is 1. The molecule has 0 N–H and O–H groups in total. The first kappa shape index (κ1) is 22.1. The van der Waals surface area contributed by atoms with E-state index in [-0.39, 0.29) is 5.91 Å². The number of nitrogens with zero attached hydrogens (tertiary/aromatic N) is 3. The normalized spacial score (nSPS) is 16.1. The van der Waals surface area contributed by atoms with Gasteiger partial charge in [0, 0.05) is 31.8 Å². The van der Waals surface area contributed by atoms with Crippen LogP contribution >= 0.6 is 11.6 Å². The monoisotopic (exact) mass is 429 g/mol. The molecule has 0 aliphatic carbocycles. The van der Waals surface area contributed by atoms with Crippen LogP contribution in [0.25, 0.3) is 6.08 Å². The topological polar surface area (TPSA) is 64.4 Å². The Kier molecular flexibility index (Phi) is 7.32. The van der Waals surface area contributed by atoms with Crippen LogP contribution in [-0.4, -0.2) is 45.8 Å². The van der Waals surface area contributed by atoms with Crippen molar-refractivity contribution in [1.82, 2.24) is 14.7 Å². The second kappa shape index (κ2) is 9.94. The molecular formula is C23H28ClN3O3. The smallest absolute Gasteiger partial charge is 0.331 e. The van der Waals surface area contributed by atoms with Gasteiger partial charge in [0.05, 0.1) is 5.69 Å². The van der Waals surface area contributed by atoms with E-state index in [0.29, 0.717) is 35.4 Å². The lowest BCUT2D eigenvalue weighted by Gasteiger charge is -2.33. The van der Waals surface area contributed by atoms with Crippen LogP contribution in [0, 0.1) is 12.8 Å². The molecule has 2 heterocycles. The van der Waals surface area contributed by atoms with E-state index in [0.717, 1.165) is 19.3 Å². The third-order valence-electron chi connectivity index (χ3n) is 5.52. The summed E-state index contributed by atoms with van der Waals surface area (Å²) in [6.07, 6.45) is 4.98. The lowest BCUT2D eigenvalue weighted by molar-refractivity contribution is -0.156. The van der Waals surface area contributed by atoms with E-state index in [1.165, 1.54) is 16.3 Å². The molecule has 0 saturated carbocycles. The van der Waals surface area contributed by atoms with Gasteiger partial charge >= 0.3 is 5.97 Å². The number of halogens is 1. The van der Waals surface area contributed by atoms with Crippen LogP contribution in [0.1, 0.15) is 36.6 Å². The molecule has 160 valence electrons. The predicted octanol–water partition coefficient (Wildman–Crippen LogP) is 3.81. The maximum atomic E-state index is 12.7. The van der Waals surface area contributed by atoms with Gasteiger partial charge in [-0.2, -0.15) is 5.10 Å². The van der Waals surface area contributed by atoms with Crippen molar-refractivity contribution in [2.24, 2.45) is 13.0 Å². The first-order valence-corrected chi connectivity index (χ1v) is 10.6. The molecule has 1 saturated heterocycles. The Morgan fingerprint density at radius 2 is 1.93 bits per heavy atom. The molecule has 2 aromatic rings. The molecule has 1 aromatic carbocycles. The van der Waals surface area contributed by atoms with Crippen molar-refractivity contribution in [3.63, 3.8) is 0 Å². The highest BCUT2D eigenvalue weighted by atomic mass is 35.5. The fourth-order valence-electron chi connectivity index (χ4n) is 3.81. The highest BCUT2D eigenvalue weighted by molar-refractivity contribution is 6.31. The van der Waals surface area contributed by atoms with E-state index in [1.54, 1.807) is 24.9 Å². The van der Waals surface area contributed by atoms with Crippen LogP contribution in [0.4, 0.5) is 0 Å². The van der Waals surface area contributed by atoms with Crippen LogP contribution in [0.15, 0.2) is 36.4 Å². The summed E-state index contributed by atoms with van der Waals surface area (Å²) in [4.78, 5) is 26.6. The maximum Gasteiger partial charge on any atom is 0.331 e. The number of rotatable bonds is 6. The lowest BCUT2D eigenvalue weighted by Crippen LogP contribution is -2.44.